The summed E-state index contributed by atoms with van der Waals surface area (Å²) in [6.45, 7) is 4.29. The van der Waals surface area contributed by atoms with E-state index in [2.05, 4.69) is 93.5 Å². The molecular weight excluding hydrogens is 344 g/mol. The molecule has 0 spiro atoms. The number of halogens is 1. The van der Waals surface area contributed by atoms with Crippen LogP contribution in [-0.4, -0.2) is 18.2 Å². The molecule has 0 saturated heterocycles. The highest BCUT2D eigenvalue weighted by Crippen LogP contribution is 2.26. The van der Waals surface area contributed by atoms with Gasteiger partial charge in [0.1, 0.15) is 0 Å². The molecule has 0 heterocycles. The maximum atomic E-state index is 3.74. The van der Waals surface area contributed by atoms with E-state index in [9.17, 15) is 0 Å². The molecule has 0 bridgehead atoms. The van der Waals surface area contributed by atoms with Gasteiger partial charge in [-0.25, -0.2) is 0 Å². The summed E-state index contributed by atoms with van der Waals surface area (Å²) in [5.41, 5.74) is 7.82. The second-order valence-corrected chi connectivity index (χ2v) is 8.56. The summed E-state index contributed by atoms with van der Waals surface area (Å²) in [4.78, 5) is 0. The van der Waals surface area contributed by atoms with E-state index >= 15 is 0 Å². The van der Waals surface area contributed by atoms with E-state index in [1.807, 2.05) is 0 Å². The molecule has 0 N–H and O–H groups in total. The molecule has 0 atom stereocenters. The minimum atomic E-state index is -0.368. The van der Waals surface area contributed by atoms with Gasteiger partial charge in [0.05, 0.1) is 0 Å². The van der Waals surface area contributed by atoms with Crippen molar-refractivity contribution in [3.05, 3.63) is 77.9 Å². The maximum Gasteiger partial charge on any atom is 0.506 e. The molecule has 0 amide bonds. The minimum absolute atomic E-state index is 0.368. The zero-order chi connectivity index (χ0) is 15.5. The van der Waals surface area contributed by atoms with E-state index in [-0.39, 0.29) is 18.2 Å². The Morgan fingerprint density at radius 3 is 1.55 bits per heavy atom. The van der Waals surface area contributed by atoms with E-state index in [1.54, 1.807) is 0 Å². The van der Waals surface area contributed by atoms with Crippen LogP contribution >= 0.6 is 12.9 Å². The van der Waals surface area contributed by atoms with Crippen LogP contribution in [0.3, 0.4) is 0 Å². The van der Waals surface area contributed by atoms with Gasteiger partial charge < -0.3 is 0 Å². The molecule has 0 saturated carbocycles. The Balaban J connectivity index is 2.14. The van der Waals surface area contributed by atoms with Crippen LogP contribution in [0.2, 0.25) is 0 Å². The van der Waals surface area contributed by atoms with E-state index in [1.165, 1.54) is 37.1 Å². The molecule has 0 radical (unpaired) electrons. The van der Waals surface area contributed by atoms with Gasteiger partial charge in [-0.05, 0) is 42.2 Å². The summed E-state index contributed by atoms with van der Waals surface area (Å²) in [6, 6.07) is 24.4. The van der Waals surface area contributed by atoms with Crippen molar-refractivity contribution in [2.75, 3.05) is 0 Å². The van der Waals surface area contributed by atoms with Crippen molar-refractivity contribution < 1.29 is 0 Å². The lowest BCUT2D eigenvalue weighted by Crippen LogP contribution is -2.08. The predicted octanol–water partition coefficient (Wildman–Crippen LogP) is 5.28. The lowest BCUT2D eigenvalue weighted by molar-refractivity contribution is 1.46. The summed E-state index contributed by atoms with van der Waals surface area (Å²) in [5, 5.41) is 0. The zero-order valence-electron chi connectivity index (χ0n) is 12.9. The molecule has 0 aliphatic rings. The minimum Gasteiger partial charge on any atom is -0.296 e. The van der Waals surface area contributed by atoms with Crippen molar-refractivity contribution in [1.29, 1.82) is 0 Å². The van der Waals surface area contributed by atoms with Crippen LogP contribution in [-0.2, 0) is 0 Å². The van der Waals surface area contributed by atoms with Crippen molar-refractivity contribution in [1.82, 2.24) is 0 Å². The number of hydrogen-bond donors (Lipinski definition) is 0. The fraction of sp³-hybridized carbons (Fsp3) is 0.100. The Morgan fingerprint density at radius 2 is 1.14 bits per heavy atom. The van der Waals surface area contributed by atoms with Crippen molar-refractivity contribution in [3.8, 4) is 22.3 Å². The summed E-state index contributed by atoms with van der Waals surface area (Å²) >= 11 is 3.37. The molecular formula is C20H17BrMg. The molecule has 0 fully saturated rings. The Labute approximate surface area is 148 Å². The van der Waals surface area contributed by atoms with Crippen molar-refractivity contribution in [3.63, 3.8) is 0 Å². The first-order valence-corrected chi connectivity index (χ1v) is 12.1. The number of rotatable bonds is 3. The van der Waals surface area contributed by atoms with E-state index in [4.69, 9.17) is 0 Å². The molecule has 3 aromatic rings. The van der Waals surface area contributed by atoms with Gasteiger partial charge in [0.2, 0.25) is 0 Å². The monoisotopic (exact) mass is 360 g/mol. The highest BCUT2D eigenvalue weighted by atomic mass is 79.9. The normalized spacial score (nSPS) is 10.3. The quantitative estimate of drug-likeness (QED) is 0.557. The van der Waals surface area contributed by atoms with Gasteiger partial charge in [0.15, 0.2) is 0 Å². The van der Waals surface area contributed by atoms with E-state index in [0.717, 1.165) is 0 Å². The third-order valence-corrected chi connectivity index (χ3v) is 6.51. The molecule has 2 heteroatoms. The molecule has 0 aliphatic heterocycles. The average Bonchev–Trinajstić information content (AvgIpc) is 2.54. The lowest BCUT2D eigenvalue weighted by Gasteiger charge is -2.11. The van der Waals surface area contributed by atoms with Gasteiger partial charge in [-0.15, -0.1) is 0 Å². The van der Waals surface area contributed by atoms with Crippen LogP contribution in [0.1, 0.15) is 11.1 Å². The molecule has 3 aromatic carbocycles. The molecule has 3 rings (SSSR count). The number of benzene rings is 3. The first-order valence-electron chi connectivity index (χ1n) is 7.50. The first kappa shape index (κ1) is 15.8. The molecule has 0 unspecified atom stereocenters. The largest absolute Gasteiger partial charge is 0.506 e. The number of hydrogen-bond acceptors (Lipinski definition) is 0. The highest BCUT2D eigenvalue weighted by Gasteiger charge is 2.06. The predicted molar refractivity (Wildman–Crippen MR) is 101 cm³/mol. The van der Waals surface area contributed by atoms with Crippen molar-refractivity contribution >= 4 is 34.8 Å². The van der Waals surface area contributed by atoms with Gasteiger partial charge in [-0.3, -0.25) is 12.9 Å². The first-order chi connectivity index (χ1) is 10.7. The third kappa shape index (κ3) is 3.62. The summed E-state index contributed by atoms with van der Waals surface area (Å²) in [7, 11) is 0. The van der Waals surface area contributed by atoms with Gasteiger partial charge >= 0.3 is 18.2 Å². The zero-order valence-corrected chi connectivity index (χ0v) is 15.9. The Bertz CT molecular complexity index is 745. The topological polar surface area (TPSA) is 0 Å². The summed E-state index contributed by atoms with van der Waals surface area (Å²) < 4.78 is 1.44. The van der Waals surface area contributed by atoms with Crippen molar-refractivity contribution in [2.24, 2.45) is 0 Å². The second-order valence-electron chi connectivity index (χ2n) is 5.79. The van der Waals surface area contributed by atoms with E-state index in [0.29, 0.717) is 0 Å². The third-order valence-electron chi connectivity index (χ3n) is 3.85. The smallest absolute Gasteiger partial charge is 0.296 e. The van der Waals surface area contributed by atoms with Gasteiger partial charge in [-0.1, -0.05) is 71.8 Å². The molecule has 0 aliphatic carbocycles. The molecule has 106 valence electrons. The Kier molecular flexibility index (Phi) is 5.02. The van der Waals surface area contributed by atoms with Gasteiger partial charge in [0.25, 0.3) is 0 Å². The summed E-state index contributed by atoms with van der Waals surface area (Å²) in [5.74, 6) is 0. The van der Waals surface area contributed by atoms with E-state index < -0.39 is 0 Å². The van der Waals surface area contributed by atoms with Crippen LogP contribution in [0.5, 0.6) is 0 Å². The van der Waals surface area contributed by atoms with Gasteiger partial charge in [-0.2, -0.15) is 3.69 Å². The highest BCUT2D eigenvalue weighted by molar-refractivity contribution is 9.23. The fourth-order valence-electron chi connectivity index (χ4n) is 2.75. The second kappa shape index (κ2) is 6.99. The lowest BCUT2D eigenvalue weighted by atomic mass is 9.97. The van der Waals surface area contributed by atoms with Crippen LogP contribution in [0, 0.1) is 13.8 Å². The SMILES string of the molecule is Cc1cccc(-c2c[c]([Mg][Br])cc(-c3cccc(C)c3)c2)c1. The van der Waals surface area contributed by atoms with Gasteiger partial charge in [0, 0.05) is 0 Å². The van der Waals surface area contributed by atoms with Crippen LogP contribution in [0.15, 0.2) is 66.7 Å². The van der Waals surface area contributed by atoms with Crippen molar-refractivity contribution in [2.45, 2.75) is 13.8 Å². The number of aryl methyl sites for hydroxylation is 2. The standard InChI is InChI=1S/C20H17.BrH.Mg/c1-15-6-3-8-17(12-15)19-10-5-11-20(14-19)18-9-4-7-16(2)13-18;;/h3-4,6-14H,1-2H3;1H;/q;;+1/p-1. The van der Waals surface area contributed by atoms with Crippen LogP contribution in [0.25, 0.3) is 22.3 Å². The molecule has 22 heavy (non-hydrogen) atoms. The fourth-order valence-corrected chi connectivity index (χ4v) is 4.32. The molecule has 0 aromatic heterocycles. The average molecular weight is 362 g/mol. The Hall–Kier alpha value is -1.09. The Morgan fingerprint density at radius 1 is 0.636 bits per heavy atom. The maximum absolute atomic E-state index is 3.74. The van der Waals surface area contributed by atoms with Crippen LogP contribution < -0.4 is 3.69 Å². The summed E-state index contributed by atoms with van der Waals surface area (Å²) in [6.07, 6.45) is 0. The molecule has 0 nitrogen and oxygen atoms in total. The van der Waals surface area contributed by atoms with Crippen LogP contribution in [0.4, 0.5) is 0 Å².